The van der Waals surface area contributed by atoms with E-state index in [-0.39, 0.29) is 36.5 Å². The zero-order chi connectivity index (χ0) is 19.5. The third kappa shape index (κ3) is 8.95. The molecule has 1 amide bonds. The lowest BCUT2D eigenvalue weighted by molar-refractivity contribution is -0.130. The molecule has 0 unspecified atom stereocenters. The predicted molar refractivity (Wildman–Crippen MR) is 125 cm³/mol. The molecule has 0 fully saturated rings. The first kappa shape index (κ1) is 24.3. The van der Waals surface area contributed by atoms with Gasteiger partial charge in [0.15, 0.2) is 12.6 Å². The molecule has 0 aromatic heterocycles. The van der Waals surface area contributed by atoms with Crippen LogP contribution in [0.15, 0.2) is 40.9 Å². The smallest absolute Gasteiger partial charge is 0.259 e. The highest BCUT2D eigenvalue weighted by Gasteiger charge is 2.06. The fraction of sp³-hybridized carbons (Fsp3) is 0.524. The van der Waals surface area contributed by atoms with Crippen molar-refractivity contribution >= 4 is 35.8 Å². The molecule has 28 heavy (non-hydrogen) atoms. The summed E-state index contributed by atoms with van der Waals surface area (Å²) in [5, 5.41) is 6.69. The van der Waals surface area contributed by atoms with Crippen molar-refractivity contribution in [2.45, 2.75) is 38.6 Å². The Bertz CT molecular complexity index is 674. The maximum Gasteiger partial charge on any atom is 0.259 e. The Morgan fingerprint density at radius 3 is 2.75 bits per heavy atom. The van der Waals surface area contributed by atoms with Gasteiger partial charge in [-0.15, -0.1) is 24.0 Å². The van der Waals surface area contributed by atoms with E-state index in [1.165, 1.54) is 30.6 Å². The van der Waals surface area contributed by atoms with E-state index < -0.39 is 0 Å². The summed E-state index contributed by atoms with van der Waals surface area (Å²) >= 11 is 0. The van der Waals surface area contributed by atoms with Crippen LogP contribution in [0.1, 0.15) is 37.7 Å². The van der Waals surface area contributed by atoms with E-state index in [1.54, 1.807) is 26.7 Å². The SMILES string of the molecule is CN=C(NCCC1=CCCCC1)NCc1cccc(OCC(=O)N(C)C)c1.I. The van der Waals surface area contributed by atoms with Crippen molar-refractivity contribution in [1.29, 1.82) is 0 Å². The van der Waals surface area contributed by atoms with Crippen molar-refractivity contribution in [3.8, 4) is 5.75 Å². The number of likely N-dealkylation sites (N-methyl/N-ethyl adjacent to an activating group) is 1. The van der Waals surface area contributed by atoms with Crippen molar-refractivity contribution in [3.63, 3.8) is 0 Å². The molecule has 0 atom stereocenters. The molecular weight excluding hydrogens is 467 g/mol. The summed E-state index contributed by atoms with van der Waals surface area (Å²) in [4.78, 5) is 17.4. The standard InChI is InChI=1S/C21H32N4O2.HI/c1-22-21(23-13-12-17-8-5-4-6-9-17)24-15-18-10-7-11-19(14-18)27-16-20(26)25(2)3;/h7-8,10-11,14H,4-6,9,12-13,15-16H2,1-3H3,(H2,22,23,24);1H. The van der Waals surface area contributed by atoms with Gasteiger partial charge in [-0.05, 0) is 49.8 Å². The average Bonchev–Trinajstić information content (AvgIpc) is 2.69. The van der Waals surface area contributed by atoms with Gasteiger partial charge >= 0.3 is 0 Å². The zero-order valence-corrected chi connectivity index (χ0v) is 19.5. The molecule has 1 aromatic carbocycles. The normalized spacial score (nSPS) is 13.8. The highest BCUT2D eigenvalue weighted by molar-refractivity contribution is 14.0. The van der Waals surface area contributed by atoms with Crippen LogP contribution in [-0.4, -0.2) is 51.1 Å². The first-order chi connectivity index (χ1) is 13.1. The summed E-state index contributed by atoms with van der Waals surface area (Å²) in [6.45, 7) is 1.57. The second-order valence-corrected chi connectivity index (χ2v) is 6.93. The minimum atomic E-state index is -0.0591. The van der Waals surface area contributed by atoms with Gasteiger partial charge < -0.3 is 20.3 Å². The number of aliphatic imine (C=N–C) groups is 1. The maximum atomic E-state index is 11.6. The Labute approximate surface area is 185 Å². The number of allylic oxidation sites excluding steroid dienone is 1. The molecule has 156 valence electrons. The molecule has 1 aromatic rings. The van der Waals surface area contributed by atoms with Crippen LogP contribution in [0.25, 0.3) is 0 Å². The number of rotatable bonds is 8. The Hall–Kier alpha value is -1.77. The Morgan fingerprint density at radius 2 is 2.07 bits per heavy atom. The minimum absolute atomic E-state index is 0. The van der Waals surface area contributed by atoms with Crippen LogP contribution >= 0.6 is 24.0 Å². The second-order valence-electron chi connectivity index (χ2n) is 6.93. The zero-order valence-electron chi connectivity index (χ0n) is 17.2. The van der Waals surface area contributed by atoms with E-state index in [4.69, 9.17) is 4.74 Å². The first-order valence-electron chi connectivity index (χ1n) is 9.63. The number of carbonyl (C=O) groups excluding carboxylic acids is 1. The van der Waals surface area contributed by atoms with Gasteiger partial charge in [-0.25, -0.2) is 0 Å². The fourth-order valence-corrected chi connectivity index (χ4v) is 2.90. The lowest BCUT2D eigenvalue weighted by atomic mass is 9.97. The number of amides is 1. The monoisotopic (exact) mass is 500 g/mol. The third-order valence-electron chi connectivity index (χ3n) is 4.57. The van der Waals surface area contributed by atoms with Gasteiger partial charge in [0.2, 0.25) is 0 Å². The number of halogens is 1. The van der Waals surface area contributed by atoms with Gasteiger partial charge in [0.05, 0.1) is 0 Å². The predicted octanol–water partition coefficient (Wildman–Crippen LogP) is 3.33. The molecule has 0 spiro atoms. The lowest BCUT2D eigenvalue weighted by Crippen LogP contribution is -2.37. The van der Waals surface area contributed by atoms with E-state index in [1.807, 2.05) is 24.3 Å². The summed E-state index contributed by atoms with van der Waals surface area (Å²) in [6, 6.07) is 7.75. The second kappa shape index (κ2) is 13.4. The Kier molecular flexibility index (Phi) is 11.6. The lowest BCUT2D eigenvalue weighted by Gasteiger charge is -2.15. The van der Waals surface area contributed by atoms with Gasteiger partial charge in [0.25, 0.3) is 5.91 Å². The number of hydrogen-bond acceptors (Lipinski definition) is 3. The van der Waals surface area contributed by atoms with Crippen molar-refractivity contribution in [1.82, 2.24) is 15.5 Å². The van der Waals surface area contributed by atoms with Gasteiger partial charge in [-0.2, -0.15) is 0 Å². The van der Waals surface area contributed by atoms with E-state index in [9.17, 15) is 4.79 Å². The van der Waals surface area contributed by atoms with Crippen LogP contribution in [0.2, 0.25) is 0 Å². The van der Waals surface area contributed by atoms with Crippen LogP contribution < -0.4 is 15.4 Å². The number of carbonyl (C=O) groups is 1. The first-order valence-corrected chi connectivity index (χ1v) is 9.63. The molecule has 7 heteroatoms. The summed E-state index contributed by atoms with van der Waals surface area (Å²) in [7, 11) is 5.21. The van der Waals surface area contributed by atoms with Crippen LogP contribution in [0.3, 0.4) is 0 Å². The van der Waals surface area contributed by atoms with Crippen LogP contribution in [0, 0.1) is 0 Å². The maximum absolute atomic E-state index is 11.6. The minimum Gasteiger partial charge on any atom is -0.484 e. The van der Waals surface area contributed by atoms with Gasteiger partial charge in [0, 0.05) is 34.2 Å². The number of benzene rings is 1. The topological polar surface area (TPSA) is 66.0 Å². The Morgan fingerprint density at radius 1 is 1.25 bits per heavy atom. The summed E-state index contributed by atoms with van der Waals surface area (Å²) in [5.74, 6) is 1.42. The van der Waals surface area contributed by atoms with Crippen LogP contribution in [-0.2, 0) is 11.3 Å². The highest BCUT2D eigenvalue weighted by Crippen LogP contribution is 2.19. The van der Waals surface area contributed by atoms with Crippen molar-refractivity contribution in [2.75, 3.05) is 34.3 Å². The molecule has 0 radical (unpaired) electrons. The quantitative estimate of drug-likeness (QED) is 0.249. The molecule has 2 N–H and O–H groups in total. The van der Waals surface area contributed by atoms with Gasteiger partial charge in [-0.1, -0.05) is 23.8 Å². The van der Waals surface area contributed by atoms with Crippen molar-refractivity contribution in [3.05, 3.63) is 41.5 Å². The number of nitrogens with one attached hydrogen (secondary N) is 2. The van der Waals surface area contributed by atoms with Crippen molar-refractivity contribution < 1.29 is 9.53 Å². The molecule has 1 aliphatic rings. The Balaban J connectivity index is 0.00000392. The van der Waals surface area contributed by atoms with E-state index in [2.05, 4.69) is 21.7 Å². The van der Waals surface area contributed by atoms with Crippen LogP contribution in [0.4, 0.5) is 0 Å². The molecule has 0 saturated heterocycles. The highest BCUT2D eigenvalue weighted by atomic mass is 127. The largest absolute Gasteiger partial charge is 0.484 e. The molecule has 0 aliphatic heterocycles. The molecule has 1 aliphatic carbocycles. The molecule has 6 nitrogen and oxygen atoms in total. The van der Waals surface area contributed by atoms with E-state index in [0.717, 1.165) is 24.5 Å². The number of ether oxygens (including phenoxy) is 1. The summed E-state index contributed by atoms with van der Waals surface area (Å²) < 4.78 is 5.56. The molecular formula is C21H33IN4O2. The number of hydrogen-bond donors (Lipinski definition) is 2. The summed E-state index contributed by atoms with van der Waals surface area (Å²) in [5.41, 5.74) is 2.63. The van der Waals surface area contributed by atoms with Gasteiger partial charge in [0.1, 0.15) is 5.75 Å². The number of guanidine groups is 1. The van der Waals surface area contributed by atoms with E-state index in [0.29, 0.717) is 12.3 Å². The average molecular weight is 500 g/mol. The third-order valence-corrected chi connectivity index (χ3v) is 4.57. The summed E-state index contributed by atoms with van der Waals surface area (Å²) in [6.07, 6.45) is 8.55. The van der Waals surface area contributed by atoms with Crippen molar-refractivity contribution in [2.24, 2.45) is 4.99 Å². The molecule has 0 saturated carbocycles. The van der Waals surface area contributed by atoms with Crippen LogP contribution in [0.5, 0.6) is 5.75 Å². The van der Waals surface area contributed by atoms with Gasteiger partial charge in [-0.3, -0.25) is 9.79 Å². The number of nitrogens with zero attached hydrogens (tertiary/aromatic N) is 2. The molecule has 0 heterocycles. The van der Waals surface area contributed by atoms with E-state index >= 15 is 0 Å². The molecule has 2 rings (SSSR count). The fourth-order valence-electron chi connectivity index (χ4n) is 2.90. The molecule has 0 bridgehead atoms.